The van der Waals surface area contributed by atoms with Crippen molar-refractivity contribution in [2.24, 2.45) is 17.8 Å². The monoisotopic (exact) mass is 710 g/mol. The van der Waals surface area contributed by atoms with Crippen molar-refractivity contribution in [3.05, 3.63) is 35.9 Å². The smallest absolute Gasteiger partial charge is 0.408 e. The standard InChI is InChI=1S/C34H49F3N6O7/c1-20(2)16-26(30(46)40-25(17-23-10-13-38-29(23)45)28(44)32(48)39-21(3)4)41-31(47)27(18-43-14-11-24(12-15-43)34(35,36)37)42-33(49)50-19-22-8-6-5-7-9-22/h5-9,20-21,23-27H,10-19H2,1-4H3,(H,38,45)(H,39,48)(H,40,46)(H,41,47)(H,42,49)/t23-,25?,26?,27?/m0/s1. The Morgan fingerprint density at radius 3 is 2.06 bits per heavy atom. The molecular formula is C34H49F3N6O7. The molecule has 0 saturated carbocycles. The Bertz CT molecular complexity index is 1340. The molecular weight excluding hydrogens is 661 g/mol. The molecule has 0 aromatic heterocycles. The van der Waals surface area contributed by atoms with Crippen molar-refractivity contribution in [3.8, 4) is 0 Å². The van der Waals surface area contributed by atoms with Gasteiger partial charge in [0.2, 0.25) is 23.5 Å². The summed E-state index contributed by atoms with van der Waals surface area (Å²) in [5, 5.41) is 12.9. The molecule has 2 aliphatic heterocycles. The molecule has 0 spiro atoms. The quantitative estimate of drug-likeness (QED) is 0.162. The summed E-state index contributed by atoms with van der Waals surface area (Å²) in [5.74, 6) is -5.98. The van der Waals surface area contributed by atoms with E-state index in [9.17, 15) is 41.9 Å². The topological polar surface area (TPSA) is 175 Å². The van der Waals surface area contributed by atoms with Gasteiger partial charge in [0.1, 0.15) is 18.7 Å². The van der Waals surface area contributed by atoms with Gasteiger partial charge >= 0.3 is 12.3 Å². The van der Waals surface area contributed by atoms with Gasteiger partial charge < -0.3 is 36.2 Å². The van der Waals surface area contributed by atoms with E-state index in [1.807, 2.05) is 0 Å². The molecule has 1 aromatic rings. The van der Waals surface area contributed by atoms with Crippen LogP contribution in [0.2, 0.25) is 0 Å². The summed E-state index contributed by atoms with van der Waals surface area (Å²) in [6, 6.07) is 4.50. The number of alkyl carbamates (subject to hydrolysis) is 1. The van der Waals surface area contributed by atoms with Gasteiger partial charge in [0.05, 0.1) is 12.0 Å². The van der Waals surface area contributed by atoms with Crippen LogP contribution in [0.3, 0.4) is 0 Å². The van der Waals surface area contributed by atoms with E-state index >= 15 is 0 Å². The second-order valence-electron chi connectivity index (χ2n) is 13.6. The predicted octanol–water partition coefficient (Wildman–Crippen LogP) is 2.19. The zero-order valence-electron chi connectivity index (χ0n) is 28.9. The Labute approximate surface area is 290 Å². The Hall–Kier alpha value is -4.21. The van der Waals surface area contributed by atoms with Crippen LogP contribution in [0, 0.1) is 17.8 Å². The molecule has 4 atom stereocenters. The van der Waals surface area contributed by atoms with Crippen molar-refractivity contribution in [1.82, 2.24) is 31.5 Å². The molecule has 13 nitrogen and oxygen atoms in total. The van der Waals surface area contributed by atoms with E-state index in [-0.39, 0.29) is 69.8 Å². The zero-order valence-corrected chi connectivity index (χ0v) is 28.9. The third-order valence-corrected chi connectivity index (χ3v) is 8.61. The van der Waals surface area contributed by atoms with Gasteiger partial charge in [-0.25, -0.2) is 4.79 Å². The van der Waals surface area contributed by atoms with Gasteiger partial charge in [0.25, 0.3) is 5.91 Å². The number of amides is 5. The first-order valence-electron chi connectivity index (χ1n) is 17.0. The number of benzene rings is 1. The number of hydrogen-bond donors (Lipinski definition) is 5. The minimum Gasteiger partial charge on any atom is -0.445 e. The molecule has 2 aliphatic rings. The molecule has 278 valence electrons. The minimum absolute atomic E-state index is 0.0294. The summed E-state index contributed by atoms with van der Waals surface area (Å²) in [6.45, 7) is 7.12. The number of carbonyl (C=O) groups is 6. The molecule has 5 N–H and O–H groups in total. The lowest BCUT2D eigenvalue weighted by Gasteiger charge is -2.35. The first-order valence-corrected chi connectivity index (χ1v) is 17.0. The first-order chi connectivity index (χ1) is 23.5. The normalized spacial score (nSPS) is 18.9. The number of carbonyl (C=O) groups excluding carboxylic acids is 6. The summed E-state index contributed by atoms with van der Waals surface area (Å²) >= 11 is 0. The maximum absolute atomic E-state index is 13.8. The first kappa shape index (κ1) is 40.2. The highest BCUT2D eigenvalue weighted by Gasteiger charge is 2.42. The molecule has 2 saturated heterocycles. The number of halogens is 3. The average Bonchev–Trinajstić information content (AvgIpc) is 3.45. The summed E-state index contributed by atoms with van der Waals surface area (Å²) in [7, 11) is 0. The van der Waals surface area contributed by atoms with Crippen LogP contribution in [0.4, 0.5) is 18.0 Å². The number of piperidine rings is 1. The largest absolute Gasteiger partial charge is 0.445 e. The van der Waals surface area contributed by atoms with Gasteiger partial charge in [-0.2, -0.15) is 13.2 Å². The molecule has 50 heavy (non-hydrogen) atoms. The summed E-state index contributed by atoms with van der Waals surface area (Å²) in [6.07, 6.45) is -5.25. The van der Waals surface area contributed by atoms with Crippen LogP contribution >= 0.6 is 0 Å². The van der Waals surface area contributed by atoms with Crippen LogP contribution in [0.15, 0.2) is 30.3 Å². The second-order valence-corrected chi connectivity index (χ2v) is 13.6. The van der Waals surface area contributed by atoms with Crippen LogP contribution in [0.5, 0.6) is 0 Å². The summed E-state index contributed by atoms with van der Waals surface area (Å²) < 4.78 is 45.2. The molecule has 5 amide bonds. The van der Waals surface area contributed by atoms with Gasteiger partial charge in [-0.05, 0) is 70.5 Å². The van der Waals surface area contributed by atoms with E-state index in [0.717, 1.165) is 0 Å². The molecule has 0 radical (unpaired) electrons. The molecule has 2 fully saturated rings. The third-order valence-electron chi connectivity index (χ3n) is 8.61. The van der Waals surface area contributed by atoms with Crippen molar-refractivity contribution in [3.63, 3.8) is 0 Å². The van der Waals surface area contributed by atoms with Crippen LogP contribution in [0.25, 0.3) is 0 Å². The van der Waals surface area contributed by atoms with Gasteiger partial charge in [0, 0.05) is 25.0 Å². The highest BCUT2D eigenvalue weighted by Crippen LogP contribution is 2.34. The SMILES string of the molecule is CC(C)CC(NC(=O)C(CN1CCC(C(F)(F)F)CC1)NC(=O)OCc1ccccc1)C(=O)NC(C[C@@H]1CCNC1=O)C(=O)C(=O)NC(C)C. The number of hydrogen-bond acceptors (Lipinski definition) is 8. The second kappa shape index (κ2) is 18.7. The summed E-state index contributed by atoms with van der Waals surface area (Å²) in [5.41, 5.74) is 0.688. The number of rotatable bonds is 16. The minimum atomic E-state index is -4.34. The Kier molecular flexibility index (Phi) is 15.0. The van der Waals surface area contributed by atoms with E-state index in [1.54, 1.807) is 62.9 Å². The van der Waals surface area contributed by atoms with Gasteiger partial charge in [-0.1, -0.05) is 44.2 Å². The lowest BCUT2D eigenvalue weighted by Crippen LogP contribution is -2.59. The van der Waals surface area contributed by atoms with Crippen molar-refractivity contribution in [2.45, 2.75) is 96.7 Å². The number of likely N-dealkylation sites (tertiary alicyclic amines) is 1. The Morgan fingerprint density at radius 1 is 0.880 bits per heavy atom. The maximum atomic E-state index is 13.8. The number of ketones is 1. The highest BCUT2D eigenvalue weighted by atomic mass is 19.4. The van der Waals surface area contributed by atoms with Crippen LogP contribution in [0.1, 0.15) is 65.4 Å². The van der Waals surface area contributed by atoms with E-state index in [4.69, 9.17) is 4.74 Å². The number of alkyl halides is 3. The highest BCUT2D eigenvalue weighted by molar-refractivity contribution is 6.38. The number of nitrogens with one attached hydrogen (secondary N) is 5. The van der Waals surface area contributed by atoms with Gasteiger partial charge in [0.15, 0.2) is 0 Å². The van der Waals surface area contributed by atoms with E-state index in [0.29, 0.717) is 18.5 Å². The van der Waals surface area contributed by atoms with E-state index in [1.165, 1.54) is 0 Å². The fourth-order valence-electron chi connectivity index (χ4n) is 5.93. The number of ether oxygens (including phenoxy) is 1. The molecule has 16 heteroatoms. The Morgan fingerprint density at radius 2 is 1.50 bits per heavy atom. The van der Waals surface area contributed by atoms with Crippen molar-refractivity contribution >= 4 is 35.5 Å². The predicted molar refractivity (Wildman–Crippen MR) is 176 cm³/mol. The number of Topliss-reactive ketones (excluding diaryl/α,β-unsaturated/α-hetero) is 1. The van der Waals surface area contributed by atoms with Gasteiger partial charge in [-0.3, -0.25) is 24.0 Å². The summed E-state index contributed by atoms with van der Waals surface area (Å²) in [4.78, 5) is 80.1. The van der Waals surface area contributed by atoms with Crippen LogP contribution in [-0.4, -0.2) is 96.9 Å². The molecule has 0 bridgehead atoms. The molecule has 2 heterocycles. The van der Waals surface area contributed by atoms with Crippen molar-refractivity contribution in [2.75, 3.05) is 26.2 Å². The fraction of sp³-hybridized carbons (Fsp3) is 0.647. The zero-order chi connectivity index (χ0) is 37.0. The number of nitrogens with zero attached hydrogens (tertiary/aromatic N) is 1. The van der Waals surface area contributed by atoms with Crippen molar-refractivity contribution in [1.29, 1.82) is 0 Å². The molecule has 0 aliphatic carbocycles. The van der Waals surface area contributed by atoms with E-state index in [2.05, 4.69) is 26.6 Å². The maximum Gasteiger partial charge on any atom is 0.408 e. The lowest BCUT2D eigenvalue weighted by atomic mass is 9.94. The average molecular weight is 711 g/mol. The molecule has 3 unspecified atom stereocenters. The van der Waals surface area contributed by atoms with E-state index < -0.39 is 65.7 Å². The van der Waals surface area contributed by atoms with Crippen molar-refractivity contribution < 1.29 is 46.7 Å². The molecule has 1 aromatic carbocycles. The fourth-order valence-corrected chi connectivity index (χ4v) is 5.93. The van der Waals surface area contributed by atoms with Gasteiger partial charge in [-0.15, -0.1) is 0 Å². The van der Waals surface area contributed by atoms with Crippen LogP contribution in [-0.2, 0) is 35.3 Å². The lowest BCUT2D eigenvalue weighted by molar-refractivity contribution is -0.185. The third kappa shape index (κ3) is 12.9. The van der Waals surface area contributed by atoms with Crippen LogP contribution < -0.4 is 26.6 Å². The Balaban J connectivity index is 1.78. The molecule has 3 rings (SSSR count).